The fourth-order valence-electron chi connectivity index (χ4n) is 0.762. The number of hydrogen-bond donors (Lipinski definition) is 0. The molecule has 0 atom stereocenters. The molecule has 0 saturated heterocycles. The monoisotopic (exact) mass is 167 g/mol. The average molecular weight is 167 g/mol. The van der Waals surface area contributed by atoms with Crippen LogP contribution in [0.1, 0.15) is 5.56 Å². The third kappa shape index (κ3) is 2.57. The minimum Gasteiger partial charge on any atom is -0.432 e. The zero-order valence-corrected chi connectivity index (χ0v) is 6.69. The van der Waals surface area contributed by atoms with Crippen molar-refractivity contribution in [3.05, 3.63) is 39.9 Å². The van der Waals surface area contributed by atoms with Gasteiger partial charge in [-0.3, -0.25) is 10.1 Å². The number of ether oxygens (including phenoxy) is 1. The second-order valence-corrected chi connectivity index (χ2v) is 2.42. The second-order valence-electron chi connectivity index (χ2n) is 2.42. The highest BCUT2D eigenvalue weighted by Gasteiger charge is 1.97. The second kappa shape index (κ2) is 3.71. The Morgan fingerprint density at radius 3 is 2.50 bits per heavy atom. The van der Waals surface area contributed by atoms with Crippen molar-refractivity contribution in [1.82, 2.24) is 0 Å². The number of benzene rings is 1. The Labute approximate surface area is 69.9 Å². The van der Waals surface area contributed by atoms with Gasteiger partial charge in [0.1, 0.15) is 5.75 Å². The van der Waals surface area contributed by atoms with Crippen LogP contribution in [-0.4, -0.2) is 11.7 Å². The number of rotatable bonds is 3. The third-order valence-corrected chi connectivity index (χ3v) is 1.36. The van der Waals surface area contributed by atoms with Crippen LogP contribution in [0.25, 0.3) is 0 Å². The summed E-state index contributed by atoms with van der Waals surface area (Å²) in [6.45, 7) is 1.46. The van der Waals surface area contributed by atoms with Gasteiger partial charge in [0.05, 0.1) is 4.92 Å². The first-order valence-electron chi connectivity index (χ1n) is 3.50. The van der Waals surface area contributed by atoms with E-state index in [0.717, 1.165) is 5.56 Å². The van der Waals surface area contributed by atoms with Crippen molar-refractivity contribution in [2.24, 2.45) is 0 Å². The number of nitro groups is 1. The Morgan fingerprint density at radius 1 is 1.42 bits per heavy atom. The van der Waals surface area contributed by atoms with E-state index < -0.39 is 11.7 Å². The minimum atomic E-state index is -0.514. The Balaban J connectivity index is 2.53. The van der Waals surface area contributed by atoms with E-state index in [1.54, 1.807) is 12.1 Å². The molecule has 0 amide bonds. The molecule has 0 aliphatic heterocycles. The van der Waals surface area contributed by atoms with Crippen LogP contribution >= 0.6 is 0 Å². The molecule has 64 valence electrons. The first-order valence-corrected chi connectivity index (χ1v) is 3.50. The van der Waals surface area contributed by atoms with Crippen molar-refractivity contribution >= 4 is 0 Å². The molecule has 0 aliphatic carbocycles. The SMILES string of the molecule is Cc1ccc(OC[N+](=O)[O-])cc1. The smallest absolute Gasteiger partial charge is 0.344 e. The van der Waals surface area contributed by atoms with Crippen LogP contribution < -0.4 is 4.74 Å². The topological polar surface area (TPSA) is 52.4 Å². The molecular formula is C8H9NO3. The summed E-state index contributed by atoms with van der Waals surface area (Å²) in [5.74, 6) is 0.525. The van der Waals surface area contributed by atoms with Crippen LogP contribution in [0.2, 0.25) is 0 Å². The number of hydrogen-bond acceptors (Lipinski definition) is 3. The van der Waals surface area contributed by atoms with Crippen LogP contribution in [0.3, 0.4) is 0 Å². The summed E-state index contributed by atoms with van der Waals surface area (Å²) < 4.78 is 4.82. The molecule has 0 bridgehead atoms. The maximum absolute atomic E-state index is 9.92. The molecule has 0 fully saturated rings. The first-order chi connectivity index (χ1) is 5.68. The summed E-state index contributed by atoms with van der Waals surface area (Å²) in [7, 11) is 0. The fraction of sp³-hybridized carbons (Fsp3) is 0.250. The van der Waals surface area contributed by atoms with Crippen molar-refractivity contribution in [3.63, 3.8) is 0 Å². The van der Waals surface area contributed by atoms with Gasteiger partial charge in [0.2, 0.25) is 0 Å². The average Bonchev–Trinajstić information content (AvgIpc) is 2.03. The van der Waals surface area contributed by atoms with E-state index in [9.17, 15) is 10.1 Å². The van der Waals surface area contributed by atoms with Gasteiger partial charge in [0.15, 0.2) is 0 Å². The Bertz CT molecular complexity index is 268. The molecule has 0 aliphatic rings. The molecule has 0 heterocycles. The van der Waals surface area contributed by atoms with Gasteiger partial charge < -0.3 is 4.74 Å². The van der Waals surface area contributed by atoms with Crippen molar-refractivity contribution < 1.29 is 9.66 Å². The van der Waals surface area contributed by atoms with E-state index in [1.807, 2.05) is 19.1 Å². The summed E-state index contributed by atoms with van der Waals surface area (Å²) in [6.07, 6.45) is 0. The highest BCUT2D eigenvalue weighted by atomic mass is 16.7. The van der Waals surface area contributed by atoms with Gasteiger partial charge in [0.25, 0.3) is 0 Å². The lowest BCUT2D eigenvalue weighted by Gasteiger charge is -2.00. The Kier molecular flexibility index (Phi) is 2.63. The quantitative estimate of drug-likeness (QED) is 0.390. The molecule has 4 heteroatoms. The van der Waals surface area contributed by atoms with Crippen LogP contribution in [0.15, 0.2) is 24.3 Å². The van der Waals surface area contributed by atoms with Gasteiger partial charge in [-0.25, -0.2) is 0 Å². The van der Waals surface area contributed by atoms with Crippen molar-refractivity contribution in [1.29, 1.82) is 0 Å². The predicted octanol–water partition coefficient (Wildman–Crippen LogP) is 1.61. The first kappa shape index (κ1) is 8.52. The molecule has 1 rings (SSSR count). The number of aryl methyl sites for hydroxylation is 1. The van der Waals surface area contributed by atoms with Gasteiger partial charge in [-0.2, -0.15) is 0 Å². The molecule has 1 aromatic carbocycles. The zero-order chi connectivity index (χ0) is 8.97. The van der Waals surface area contributed by atoms with Crippen LogP contribution in [0, 0.1) is 17.0 Å². The van der Waals surface area contributed by atoms with Gasteiger partial charge in [-0.15, -0.1) is 0 Å². The highest BCUT2D eigenvalue weighted by molar-refractivity contribution is 5.25. The van der Waals surface area contributed by atoms with Crippen molar-refractivity contribution in [3.8, 4) is 5.75 Å². The van der Waals surface area contributed by atoms with E-state index in [2.05, 4.69) is 0 Å². The molecule has 0 radical (unpaired) electrons. The summed E-state index contributed by atoms with van der Waals surface area (Å²) in [4.78, 5) is 9.41. The van der Waals surface area contributed by atoms with Gasteiger partial charge in [-0.05, 0) is 19.1 Å². The molecule has 0 N–H and O–H groups in total. The van der Waals surface area contributed by atoms with Crippen LogP contribution in [0.5, 0.6) is 5.75 Å². The molecule has 0 unspecified atom stereocenters. The molecule has 12 heavy (non-hydrogen) atoms. The van der Waals surface area contributed by atoms with E-state index in [1.165, 1.54) is 0 Å². The molecule has 1 aromatic rings. The lowest BCUT2D eigenvalue weighted by molar-refractivity contribution is -0.514. The predicted molar refractivity (Wildman–Crippen MR) is 43.7 cm³/mol. The summed E-state index contributed by atoms with van der Waals surface area (Å²) >= 11 is 0. The number of nitrogens with zero attached hydrogens (tertiary/aromatic N) is 1. The maximum atomic E-state index is 9.92. The fourth-order valence-corrected chi connectivity index (χ4v) is 0.762. The molecule has 4 nitrogen and oxygen atoms in total. The third-order valence-electron chi connectivity index (χ3n) is 1.36. The molecule has 0 spiro atoms. The lowest BCUT2D eigenvalue weighted by atomic mass is 10.2. The Morgan fingerprint density at radius 2 is 2.00 bits per heavy atom. The molecule has 0 aromatic heterocycles. The van der Waals surface area contributed by atoms with E-state index in [-0.39, 0.29) is 0 Å². The van der Waals surface area contributed by atoms with Gasteiger partial charge in [0, 0.05) is 0 Å². The molecular weight excluding hydrogens is 158 g/mol. The largest absolute Gasteiger partial charge is 0.432 e. The normalized spacial score (nSPS) is 9.42. The van der Waals surface area contributed by atoms with Crippen molar-refractivity contribution in [2.75, 3.05) is 6.73 Å². The summed E-state index contributed by atoms with van der Waals surface area (Å²) in [6, 6.07) is 7.10. The van der Waals surface area contributed by atoms with Gasteiger partial charge >= 0.3 is 6.73 Å². The maximum Gasteiger partial charge on any atom is 0.344 e. The standard InChI is InChI=1S/C8H9NO3/c1-7-2-4-8(5-3-7)12-6-9(10)11/h2-5H,6H2,1H3. The highest BCUT2D eigenvalue weighted by Crippen LogP contribution is 2.10. The van der Waals surface area contributed by atoms with E-state index in [4.69, 9.17) is 4.74 Å². The lowest BCUT2D eigenvalue weighted by Crippen LogP contribution is -2.07. The summed E-state index contributed by atoms with van der Waals surface area (Å²) in [5, 5.41) is 9.92. The Hall–Kier alpha value is -1.58. The van der Waals surface area contributed by atoms with E-state index >= 15 is 0 Å². The van der Waals surface area contributed by atoms with Crippen molar-refractivity contribution in [2.45, 2.75) is 6.92 Å². The zero-order valence-electron chi connectivity index (χ0n) is 6.69. The van der Waals surface area contributed by atoms with Gasteiger partial charge in [-0.1, -0.05) is 17.7 Å². The minimum absolute atomic E-state index is 0.483. The van der Waals surface area contributed by atoms with Crippen LogP contribution in [-0.2, 0) is 0 Å². The van der Waals surface area contributed by atoms with E-state index in [0.29, 0.717) is 5.75 Å². The summed E-state index contributed by atoms with van der Waals surface area (Å²) in [5.41, 5.74) is 1.10. The van der Waals surface area contributed by atoms with Crippen LogP contribution in [0.4, 0.5) is 0 Å². The molecule has 0 saturated carbocycles.